The summed E-state index contributed by atoms with van der Waals surface area (Å²) in [5, 5.41) is 0. The normalized spacial score (nSPS) is 56.6. The molecule has 0 aromatic rings. The van der Waals surface area contributed by atoms with Crippen molar-refractivity contribution in [3.8, 4) is 0 Å². The molecule has 0 radical (unpaired) electrons. The van der Waals surface area contributed by atoms with Gasteiger partial charge in [-0.05, 0) is 37.5 Å². The van der Waals surface area contributed by atoms with Gasteiger partial charge in [-0.3, -0.25) is 0 Å². The van der Waals surface area contributed by atoms with Gasteiger partial charge < -0.3 is 9.47 Å². The Morgan fingerprint density at radius 2 is 1.82 bits per heavy atom. The summed E-state index contributed by atoms with van der Waals surface area (Å²) in [4.78, 5) is 0. The summed E-state index contributed by atoms with van der Waals surface area (Å²) in [6.07, 6.45) is 3.92. The Hall–Kier alpha value is -0.0800. The predicted molar refractivity (Wildman–Crippen MR) is 67.6 cm³/mol. The van der Waals surface area contributed by atoms with E-state index in [1.807, 2.05) is 0 Å². The molecular weight excluding hydrogens is 212 g/mol. The molecule has 3 fully saturated rings. The van der Waals surface area contributed by atoms with Crippen LogP contribution < -0.4 is 0 Å². The molecule has 0 N–H and O–H groups in total. The lowest BCUT2D eigenvalue weighted by molar-refractivity contribution is -0.308. The summed E-state index contributed by atoms with van der Waals surface area (Å²) in [5.41, 5.74) is 0.803. The Bertz CT molecular complexity index is 338. The predicted octanol–water partition coefficient (Wildman–Crippen LogP) is 3.60. The molecule has 0 amide bonds. The molecule has 2 heteroatoms. The quantitative estimate of drug-likeness (QED) is 0.642. The first-order valence-corrected chi connectivity index (χ1v) is 7.13. The van der Waals surface area contributed by atoms with Crippen LogP contribution in [0.4, 0.5) is 0 Å². The summed E-state index contributed by atoms with van der Waals surface area (Å²) >= 11 is 0. The minimum atomic E-state index is -0.0295. The van der Waals surface area contributed by atoms with E-state index in [1.54, 1.807) is 0 Å². The van der Waals surface area contributed by atoms with Gasteiger partial charge in [-0.15, -0.1) is 0 Å². The van der Waals surface area contributed by atoms with Crippen LogP contribution in [0, 0.1) is 22.7 Å². The molecule has 1 aliphatic heterocycles. The molecule has 3 rings (SSSR count). The number of ether oxygens (including phenoxy) is 2. The van der Waals surface area contributed by atoms with E-state index in [-0.39, 0.29) is 11.9 Å². The summed E-state index contributed by atoms with van der Waals surface area (Å²) in [7, 11) is 0. The van der Waals surface area contributed by atoms with Crippen molar-refractivity contribution in [3.05, 3.63) is 0 Å². The van der Waals surface area contributed by atoms with Crippen molar-refractivity contribution in [2.24, 2.45) is 22.7 Å². The first kappa shape index (κ1) is 12.0. The summed E-state index contributed by atoms with van der Waals surface area (Å²) in [6.45, 7) is 12.6. The maximum Gasteiger partial charge on any atom is 0.155 e. The number of hydrogen-bond acceptors (Lipinski definition) is 2. The molecule has 98 valence electrons. The first-order chi connectivity index (χ1) is 7.83. The van der Waals surface area contributed by atoms with Crippen molar-refractivity contribution >= 4 is 0 Å². The molecule has 1 heterocycles. The second-order valence-corrected chi connectivity index (χ2v) is 7.30. The molecule has 1 saturated heterocycles. The third-order valence-corrected chi connectivity index (χ3v) is 6.67. The molecule has 2 aliphatic carbocycles. The van der Waals surface area contributed by atoms with Gasteiger partial charge in [0.05, 0.1) is 12.2 Å². The van der Waals surface area contributed by atoms with Crippen LogP contribution in [0.3, 0.4) is 0 Å². The van der Waals surface area contributed by atoms with Gasteiger partial charge in [-0.1, -0.05) is 27.7 Å². The Labute approximate surface area is 105 Å². The van der Waals surface area contributed by atoms with E-state index in [0.717, 1.165) is 12.5 Å². The van der Waals surface area contributed by atoms with Gasteiger partial charge >= 0.3 is 0 Å². The molecule has 0 aromatic heterocycles. The van der Waals surface area contributed by atoms with Gasteiger partial charge in [0.15, 0.2) is 6.29 Å². The van der Waals surface area contributed by atoms with Crippen LogP contribution in [0.1, 0.15) is 53.9 Å². The third kappa shape index (κ3) is 1.19. The monoisotopic (exact) mass is 238 g/mol. The molecule has 5 atom stereocenters. The average Bonchev–Trinajstić information content (AvgIpc) is 2.56. The van der Waals surface area contributed by atoms with E-state index < -0.39 is 0 Å². The van der Waals surface area contributed by atoms with Gasteiger partial charge in [0.2, 0.25) is 0 Å². The van der Waals surface area contributed by atoms with E-state index in [1.165, 1.54) is 19.3 Å². The number of fused-ring (bicyclic) bond motifs is 3. The van der Waals surface area contributed by atoms with Gasteiger partial charge in [0, 0.05) is 11.3 Å². The highest BCUT2D eigenvalue weighted by molar-refractivity contribution is 5.20. The largest absolute Gasteiger partial charge is 0.353 e. The van der Waals surface area contributed by atoms with Gasteiger partial charge in [-0.25, -0.2) is 0 Å². The number of rotatable bonds is 0. The van der Waals surface area contributed by atoms with Gasteiger partial charge in [0.25, 0.3) is 0 Å². The van der Waals surface area contributed by atoms with Crippen LogP contribution >= 0.6 is 0 Å². The van der Waals surface area contributed by atoms with E-state index in [2.05, 4.69) is 34.6 Å². The highest BCUT2D eigenvalue weighted by Crippen LogP contribution is 2.73. The molecule has 1 spiro atoms. The smallest absolute Gasteiger partial charge is 0.155 e. The molecule has 0 aromatic carbocycles. The maximum atomic E-state index is 6.40. The van der Waals surface area contributed by atoms with Crippen molar-refractivity contribution < 1.29 is 9.47 Å². The van der Waals surface area contributed by atoms with Crippen LogP contribution in [0.15, 0.2) is 0 Å². The molecule has 5 unspecified atom stereocenters. The third-order valence-electron chi connectivity index (χ3n) is 6.67. The maximum absolute atomic E-state index is 6.40. The molecule has 17 heavy (non-hydrogen) atoms. The Kier molecular flexibility index (Phi) is 2.30. The van der Waals surface area contributed by atoms with Crippen LogP contribution in [0.2, 0.25) is 0 Å². The highest BCUT2D eigenvalue weighted by atomic mass is 16.7. The summed E-state index contributed by atoms with van der Waals surface area (Å²) in [5.74, 6) is 1.36. The van der Waals surface area contributed by atoms with Crippen LogP contribution in [-0.2, 0) is 9.47 Å². The standard InChI is InChI=1S/C15H26O2/c1-10-9-16-11(2)17-15(10)8-12-6-7-14(15,5)13(12,3)4/h10-12H,6-9H2,1-5H3. The van der Waals surface area contributed by atoms with Crippen molar-refractivity contribution in [3.63, 3.8) is 0 Å². The zero-order valence-electron chi connectivity index (χ0n) is 11.9. The van der Waals surface area contributed by atoms with Crippen molar-refractivity contribution in [2.45, 2.75) is 65.8 Å². The zero-order chi connectivity index (χ0) is 12.5. The minimum absolute atomic E-state index is 0.0295. The Morgan fingerprint density at radius 1 is 1.12 bits per heavy atom. The number of hydrogen-bond donors (Lipinski definition) is 0. The fourth-order valence-corrected chi connectivity index (χ4v) is 5.09. The molecule has 2 bridgehead atoms. The molecular formula is C15H26O2. The lowest BCUT2D eigenvalue weighted by Gasteiger charge is -2.54. The fraction of sp³-hybridized carbons (Fsp3) is 1.00. The average molecular weight is 238 g/mol. The van der Waals surface area contributed by atoms with Crippen LogP contribution in [0.5, 0.6) is 0 Å². The van der Waals surface area contributed by atoms with Crippen LogP contribution in [0.25, 0.3) is 0 Å². The summed E-state index contributed by atoms with van der Waals surface area (Å²) in [6, 6.07) is 0. The SMILES string of the molecule is CC1OCC(C)C2(CC3CCC2(C)C3(C)C)O1. The van der Waals surface area contributed by atoms with E-state index >= 15 is 0 Å². The summed E-state index contributed by atoms with van der Waals surface area (Å²) < 4.78 is 12.1. The van der Waals surface area contributed by atoms with Crippen molar-refractivity contribution in [2.75, 3.05) is 6.61 Å². The van der Waals surface area contributed by atoms with Crippen LogP contribution in [-0.4, -0.2) is 18.5 Å². The van der Waals surface area contributed by atoms with E-state index in [9.17, 15) is 0 Å². The van der Waals surface area contributed by atoms with E-state index in [4.69, 9.17) is 9.47 Å². The highest BCUT2D eigenvalue weighted by Gasteiger charge is 2.71. The molecule has 2 nitrogen and oxygen atoms in total. The second kappa shape index (κ2) is 3.27. The first-order valence-electron chi connectivity index (χ1n) is 7.13. The van der Waals surface area contributed by atoms with E-state index in [0.29, 0.717) is 16.7 Å². The minimum Gasteiger partial charge on any atom is -0.353 e. The lowest BCUT2D eigenvalue weighted by Crippen LogP contribution is -2.58. The topological polar surface area (TPSA) is 18.5 Å². The van der Waals surface area contributed by atoms with Gasteiger partial charge in [-0.2, -0.15) is 0 Å². The van der Waals surface area contributed by atoms with Gasteiger partial charge in [0.1, 0.15) is 0 Å². The molecule has 3 aliphatic rings. The lowest BCUT2D eigenvalue weighted by atomic mass is 9.60. The van der Waals surface area contributed by atoms with Crippen molar-refractivity contribution in [1.82, 2.24) is 0 Å². The van der Waals surface area contributed by atoms with Crippen molar-refractivity contribution in [1.29, 1.82) is 0 Å². The molecule has 2 saturated carbocycles. The Balaban J connectivity index is 2.04. The Morgan fingerprint density at radius 3 is 2.35 bits per heavy atom. The second-order valence-electron chi connectivity index (χ2n) is 7.30. The fourth-order valence-electron chi connectivity index (χ4n) is 5.09. The zero-order valence-corrected chi connectivity index (χ0v) is 11.9.